The van der Waals surface area contributed by atoms with Crippen molar-refractivity contribution in [3.63, 3.8) is 0 Å². The van der Waals surface area contributed by atoms with Crippen LogP contribution in [0, 0.1) is 0 Å². The van der Waals surface area contributed by atoms with Gasteiger partial charge in [-0.15, -0.1) is 0 Å². The molecule has 2 atom stereocenters. The molecule has 0 amide bonds. The van der Waals surface area contributed by atoms with E-state index in [1.54, 1.807) is 6.33 Å². The van der Waals surface area contributed by atoms with Gasteiger partial charge in [0.25, 0.3) is 0 Å². The number of rotatable bonds is 3. The van der Waals surface area contributed by atoms with Crippen LogP contribution in [-0.4, -0.2) is 58.4 Å². The van der Waals surface area contributed by atoms with E-state index in [9.17, 15) is 5.11 Å². The van der Waals surface area contributed by atoms with E-state index in [4.69, 9.17) is 0 Å². The van der Waals surface area contributed by atoms with Crippen molar-refractivity contribution in [1.29, 1.82) is 0 Å². The van der Waals surface area contributed by atoms with Gasteiger partial charge < -0.3 is 14.9 Å². The molecule has 2 aliphatic heterocycles. The third kappa shape index (κ3) is 2.86. The smallest absolute Gasteiger partial charge is 0.134 e. The average Bonchev–Trinajstić information content (AvgIpc) is 2.96. The lowest BCUT2D eigenvalue weighted by Crippen LogP contribution is -2.37. The summed E-state index contributed by atoms with van der Waals surface area (Å²) in [7, 11) is 0. The predicted molar refractivity (Wildman–Crippen MR) is 83.6 cm³/mol. The van der Waals surface area contributed by atoms with Crippen molar-refractivity contribution in [3.05, 3.63) is 12.4 Å². The summed E-state index contributed by atoms with van der Waals surface area (Å²) in [5.74, 6) is 3.13. The van der Waals surface area contributed by atoms with E-state index in [1.165, 1.54) is 0 Å². The zero-order valence-corrected chi connectivity index (χ0v) is 12.7. The number of hydrogen-bond donors (Lipinski definition) is 1. The van der Waals surface area contributed by atoms with Gasteiger partial charge in [0, 0.05) is 36.7 Å². The van der Waals surface area contributed by atoms with Gasteiger partial charge in [-0.3, -0.25) is 0 Å². The number of aromatic nitrogens is 2. The van der Waals surface area contributed by atoms with E-state index in [1.807, 2.05) is 11.8 Å². The van der Waals surface area contributed by atoms with Gasteiger partial charge >= 0.3 is 0 Å². The molecule has 3 rings (SSSR count). The molecule has 110 valence electrons. The van der Waals surface area contributed by atoms with Gasteiger partial charge in [-0.25, -0.2) is 9.97 Å². The van der Waals surface area contributed by atoms with Crippen molar-refractivity contribution in [3.8, 4) is 0 Å². The predicted octanol–water partition coefficient (Wildman–Crippen LogP) is 1.38. The van der Waals surface area contributed by atoms with Crippen molar-refractivity contribution in [2.24, 2.45) is 0 Å². The minimum atomic E-state index is 0.205. The molecule has 1 N–H and O–H groups in total. The molecular formula is C14H22N4OS. The van der Waals surface area contributed by atoms with Crippen molar-refractivity contribution < 1.29 is 5.11 Å². The van der Waals surface area contributed by atoms with E-state index in [0.29, 0.717) is 5.25 Å². The lowest BCUT2D eigenvalue weighted by atomic mass is 10.2. The Hall–Kier alpha value is -1.01. The fraction of sp³-hybridized carbons (Fsp3) is 0.714. The highest BCUT2D eigenvalue weighted by Crippen LogP contribution is 2.27. The first-order chi connectivity index (χ1) is 9.78. The van der Waals surface area contributed by atoms with Crippen LogP contribution in [0.25, 0.3) is 0 Å². The van der Waals surface area contributed by atoms with Crippen LogP contribution in [0.1, 0.15) is 19.8 Å². The van der Waals surface area contributed by atoms with E-state index >= 15 is 0 Å². The highest BCUT2D eigenvalue weighted by molar-refractivity contribution is 8.00. The van der Waals surface area contributed by atoms with Crippen LogP contribution in [0.4, 0.5) is 11.6 Å². The molecule has 1 aromatic rings. The molecule has 1 aromatic heterocycles. The monoisotopic (exact) mass is 294 g/mol. The van der Waals surface area contributed by atoms with E-state index in [-0.39, 0.29) is 12.6 Å². The van der Waals surface area contributed by atoms with Crippen LogP contribution in [0.3, 0.4) is 0 Å². The van der Waals surface area contributed by atoms with Gasteiger partial charge in [0.2, 0.25) is 0 Å². The minimum absolute atomic E-state index is 0.205. The second-order valence-corrected chi connectivity index (χ2v) is 7.08. The van der Waals surface area contributed by atoms with Crippen LogP contribution in [0.2, 0.25) is 0 Å². The summed E-state index contributed by atoms with van der Waals surface area (Å²) in [6, 6.07) is 2.30. The average molecular weight is 294 g/mol. The summed E-state index contributed by atoms with van der Waals surface area (Å²) in [6.45, 7) is 5.55. The molecule has 0 aliphatic carbocycles. The van der Waals surface area contributed by atoms with Gasteiger partial charge in [0.15, 0.2) is 0 Å². The second kappa shape index (κ2) is 6.18. The summed E-state index contributed by atoms with van der Waals surface area (Å²) >= 11 is 2.02. The fourth-order valence-electron chi connectivity index (χ4n) is 3.02. The van der Waals surface area contributed by atoms with E-state index in [2.05, 4.69) is 32.8 Å². The highest BCUT2D eigenvalue weighted by atomic mass is 32.2. The van der Waals surface area contributed by atoms with Crippen LogP contribution >= 0.6 is 11.8 Å². The van der Waals surface area contributed by atoms with Gasteiger partial charge in [-0.2, -0.15) is 11.8 Å². The molecule has 20 heavy (non-hydrogen) atoms. The third-order valence-corrected chi connectivity index (χ3v) is 5.22. The van der Waals surface area contributed by atoms with Gasteiger partial charge in [0.05, 0.1) is 12.6 Å². The van der Waals surface area contributed by atoms with Gasteiger partial charge in [-0.05, 0) is 12.8 Å². The SMILES string of the molecule is C[C@@H]1CN(c2cc(N3CCC[C@H]3CO)ncn2)CCS1. The van der Waals surface area contributed by atoms with Crippen LogP contribution in [0.15, 0.2) is 12.4 Å². The Bertz CT molecular complexity index is 459. The summed E-state index contributed by atoms with van der Waals surface area (Å²) in [4.78, 5) is 13.4. The molecule has 0 unspecified atom stereocenters. The summed E-state index contributed by atoms with van der Waals surface area (Å²) in [5, 5.41) is 10.1. The molecule has 6 heteroatoms. The summed E-state index contributed by atoms with van der Waals surface area (Å²) in [6.07, 6.45) is 3.83. The summed E-state index contributed by atoms with van der Waals surface area (Å²) < 4.78 is 0. The number of hydrogen-bond acceptors (Lipinski definition) is 6. The first-order valence-corrected chi connectivity index (χ1v) is 8.39. The molecule has 5 nitrogen and oxygen atoms in total. The Labute approximate surface area is 124 Å². The molecule has 3 heterocycles. The number of aliphatic hydroxyl groups is 1. The largest absolute Gasteiger partial charge is 0.394 e. The Morgan fingerprint density at radius 2 is 2.20 bits per heavy atom. The molecule has 2 saturated heterocycles. The Morgan fingerprint density at radius 3 is 3.00 bits per heavy atom. The number of thioether (sulfide) groups is 1. The minimum Gasteiger partial charge on any atom is -0.394 e. The number of anilines is 2. The molecule has 2 fully saturated rings. The van der Waals surface area contributed by atoms with Crippen LogP contribution < -0.4 is 9.80 Å². The van der Waals surface area contributed by atoms with Crippen molar-refractivity contribution in [1.82, 2.24) is 9.97 Å². The van der Waals surface area contributed by atoms with Crippen LogP contribution in [-0.2, 0) is 0 Å². The standard InChI is InChI=1S/C14H22N4OS/c1-11-8-17(5-6-20-11)13-7-14(16-10-15-13)18-4-2-3-12(18)9-19/h7,10-12,19H,2-6,8-9H2,1H3/t11-,12+/m1/s1. The van der Waals surface area contributed by atoms with E-state index < -0.39 is 0 Å². The normalized spacial score (nSPS) is 27.1. The molecular weight excluding hydrogens is 272 g/mol. The molecule has 0 spiro atoms. The van der Waals surface area contributed by atoms with Crippen LogP contribution in [0.5, 0.6) is 0 Å². The maximum atomic E-state index is 9.45. The Kier molecular flexibility index (Phi) is 4.31. The first-order valence-electron chi connectivity index (χ1n) is 7.34. The number of nitrogens with zero attached hydrogens (tertiary/aromatic N) is 4. The Morgan fingerprint density at radius 1 is 1.35 bits per heavy atom. The van der Waals surface area contributed by atoms with Crippen molar-refractivity contribution in [2.75, 3.05) is 41.8 Å². The molecule has 2 aliphatic rings. The highest BCUT2D eigenvalue weighted by Gasteiger charge is 2.26. The van der Waals surface area contributed by atoms with E-state index in [0.717, 1.165) is 49.9 Å². The van der Waals surface area contributed by atoms with Gasteiger partial charge in [0.1, 0.15) is 18.0 Å². The lowest BCUT2D eigenvalue weighted by molar-refractivity contribution is 0.266. The molecule has 0 aromatic carbocycles. The maximum Gasteiger partial charge on any atom is 0.134 e. The van der Waals surface area contributed by atoms with Crippen molar-refractivity contribution in [2.45, 2.75) is 31.1 Å². The fourth-order valence-corrected chi connectivity index (χ4v) is 4.03. The zero-order valence-electron chi connectivity index (χ0n) is 11.9. The summed E-state index contributed by atoms with van der Waals surface area (Å²) in [5.41, 5.74) is 0. The quantitative estimate of drug-likeness (QED) is 0.909. The topological polar surface area (TPSA) is 52.5 Å². The number of aliphatic hydroxyl groups excluding tert-OH is 1. The molecule has 0 saturated carbocycles. The zero-order chi connectivity index (χ0) is 13.9. The lowest BCUT2D eigenvalue weighted by Gasteiger charge is -2.32. The third-order valence-electron chi connectivity index (χ3n) is 4.09. The maximum absolute atomic E-state index is 9.45. The molecule has 0 radical (unpaired) electrons. The second-order valence-electron chi connectivity index (χ2n) is 5.53. The van der Waals surface area contributed by atoms with Gasteiger partial charge in [-0.1, -0.05) is 6.92 Å². The molecule has 0 bridgehead atoms. The first kappa shape index (κ1) is 13.9. The Balaban J connectivity index is 1.78. The van der Waals surface area contributed by atoms with Crippen molar-refractivity contribution >= 4 is 23.4 Å².